The number of likely N-dealkylation sites (N-methyl/N-ethyl adjacent to an activating group) is 1. The van der Waals surface area contributed by atoms with Crippen molar-refractivity contribution in [1.29, 1.82) is 0 Å². The SMILES string of the molecule is CNCCc1cn(C2C3CC4CC(C3)CC2C4)cn1. The van der Waals surface area contributed by atoms with Crippen molar-refractivity contribution in [2.45, 2.75) is 44.6 Å². The van der Waals surface area contributed by atoms with E-state index in [9.17, 15) is 0 Å². The molecule has 0 amide bonds. The molecule has 1 heterocycles. The molecular formula is C16H25N3. The second kappa shape index (κ2) is 4.62. The highest BCUT2D eigenvalue weighted by Gasteiger charge is 2.48. The van der Waals surface area contributed by atoms with Crippen molar-refractivity contribution in [3.8, 4) is 0 Å². The van der Waals surface area contributed by atoms with Gasteiger partial charge in [0, 0.05) is 25.2 Å². The van der Waals surface area contributed by atoms with E-state index in [0.29, 0.717) is 0 Å². The fourth-order valence-electron chi connectivity index (χ4n) is 5.31. The van der Waals surface area contributed by atoms with Crippen molar-refractivity contribution >= 4 is 0 Å². The molecular weight excluding hydrogens is 234 g/mol. The van der Waals surface area contributed by atoms with Crippen LogP contribution in [0.1, 0.15) is 43.8 Å². The Labute approximate surface area is 115 Å². The van der Waals surface area contributed by atoms with Gasteiger partial charge in [-0.2, -0.15) is 0 Å². The summed E-state index contributed by atoms with van der Waals surface area (Å²) in [6.45, 7) is 1.03. The maximum atomic E-state index is 4.61. The molecule has 4 fully saturated rings. The summed E-state index contributed by atoms with van der Waals surface area (Å²) in [7, 11) is 2.01. The molecule has 4 bridgehead atoms. The molecule has 0 aliphatic heterocycles. The highest BCUT2D eigenvalue weighted by Crippen LogP contribution is 2.58. The second-order valence-corrected chi connectivity index (χ2v) is 7.09. The first kappa shape index (κ1) is 12.0. The third-order valence-electron chi connectivity index (χ3n) is 5.81. The molecule has 0 atom stereocenters. The first-order valence-electron chi connectivity index (χ1n) is 8.00. The summed E-state index contributed by atoms with van der Waals surface area (Å²) in [5, 5.41) is 3.21. The van der Waals surface area contributed by atoms with Crippen LogP contribution in [0, 0.1) is 23.7 Å². The molecule has 5 rings (SSSR count). The molecule has 3 nitrogen and oxygen atoms in total. The quantitative estimate of drug-likeness (QED) is 0.901. The Bertz CT molecular complexity index is 423. The number of nitrogens with one attached hydrogen (secondary N) is 1. The Morgan fingerprint density at radius 1 is 1.16 bits per heavy atom. The summed E-state index contributed by atoms with van der Waals surface area (Å²) in [4.78, 5) is 4.61. The molecule has 1 N–H and O–H groups in total. The molecule has 0 radical (unpaired) electrons. The second-order valence-electron chi connectivity index (χ2n) is 7.09. The number of hydrogen-bond acceptors (Lipinski definition) is 2. The molecule has 3 heteroatoms. The van der Waals surface area contributed by atoms with Gasteiger partial charge in [0.05, 0.1) is 12.0 Å². The van der Waals surface area contributed by atoms with E-state index < -0.39 is 0 Å². The largest absolute Gasteiger partial charge is 0.334 e. The maximum Gasteiger partial charge on any atom is 0.0952 e. The van der Waals surface area contributed by atoms with Crippen molar-refractivity contribution in [3.05, 3.63) is 18.2 Å². The van der Waals surface area contributed by atoms with Crippen LogP contribution in [0.2, 0.25) is 0 Å². The van der Waals surface area contributed by atoms with Crippen LogP contribution in [0.15, 0.2) is 12.5 Å². The lowest BCUT2D eigenvalue weighted by atomic mass is 9.54. The lowest BCUT2D eigenvalue weighted by Crippen LogP contribution is -2.45. The van der Waals surface area contributed by atoms with Crippen LogP contribution in [-0.4, -0.2) is 23.1 Å². The van der Waals surface area contributed by atoms with Gasteiger partial charge in [0.1, 0.15) is 0 Å². The summed E-state index contributed by atoms with van der Waals surface area (Å²) in [6.07, 6.45) is 13.0. The van der Waals surface area contributed by atoms with E-state index in [0.717, 1.165) is 42.7 Å². The van der Waals surface area contributed by atoms with E-state index in [-0.39, 0.29) is 0 Å². The van der Waals surface area contributed by atoms with E-state index in [1.165, 1.54) is 37.8 Å². The van der Waals surface area contributed by atoms with E-state index in [4.69, 9.17) is 0 Å². The fourth-order valence-corrected chi connectivity index (χ4v) is 5.31. The van der Waals surface area contributed by atoms with Crippen LogP contribution in [0.25, 0.3) is 0 Å². The summed E-state index contributed by atoms with van der Waals surface area (Å²) >= 11 is 0. The Kier molecular flexibility index (Phi) is 2.91. The van der Waals surface area contributed by atoms with Crippen LogP contribution in [0.5, 0.6) is 0 Å². The summed E-state index contributed by atoms with van der Waals surface area (Å²) in [5.74, 6) is 4.02. The Morgan fingerprint density at radius 3 is 2.47 bits per heavy atom. The normalized spacial score (nSPS) is 39.9. The Morgan fingerprint density at radius 2 is 1.84 bits per heavy atom. The molecule has 4 aliphatic rings. The highest BCUT2D eigenvalue weighted by atomic mass is 15.1. The number of aromatic nitrogens is 2. The standard InChI is InChI=1S/C16H25N3/c1-17-3-2-15-9-19(10-18-15)16-13-5-11-4-12(7-13)8-14(16)6-11/h9-14,16-17H,2-8H2,1H3. The average Bonchev–Trinajstić information content (AvgIpc) is 2.83. The van der Waals surface area contributed by atoms with Crippen molar-refractivity contribution in [3.63, 3.8) is 0 Å². The lowest BCUT2D eigenvalue weighted by molar-refractivity contribution is -0.0291. The smallest absolute Gasteiger partial charge is 0.0952 e. The molecule has 1 aromatic heterocycles. The number of nitrogens with zero attached hydrogens (tertiary/aromatic N) is 2. The van der Waals surface area contributed by atoms with Gasteiger partial charge in [-0.1, -0.05) is 0 Å². The monoisotopic (exact) mass is 259 g/mol. The van der Waals surface area contributed by atoms with Crippen molar-refractivity contribution in [2.75, 3.05) is 13.6 Å². The van der Waals surface area contributed by atoms with Gasteiger partial charge in [-0.05, 0) is 62.8 Å². The molecule has 4 saturated carbocycles. The van der Waals surface area contributed by atoms with E-state index in [1.54, 1.807) is 0 Å². The van der Waals surface area contributed by atoms with Gasteiger partial charge in [0.2, 0.25) is 0 Å². The van der Waals surface area contributed by atoms with Gasteiger partial charge in [0.25, 0.3) is 0 Å². The lowest BCUT2D eigenvalue weighted by Gasteiger charge is -2.54. The van der Waals surface area contributed by atoms with Gasteiger partial charge in [-0.15, -0.1) is 0 Å². The van der Waals surface area contributed by atoms with Gasteiger partial charge in [-0.25, -0.2) is 4.98 Å². The average molecular weight is 259 g/mol. The zero-order chi connectivity index (χ0) is 12.8. The number of rotatable bonds is 4. The van der Waals surface area contributed by atoms with Crippen molar-refractivity contribution in [2.24, 2.45) is 23.7 Å². The molecule has 104 valence electrons. The van der Waals surface area contributed by atoms with Crippen molar-refractivity contribution < 1.29 is 0 Å². The molecule has 0 spiro atoms. The predicted octanol–water partition coefficient (Wildman–Crippen LogP) is 2.64. The minimum Gasteiger partial charge on any atom is -0.334 e. The molecule has 19 heavy (non-hydrogen) atoms. The summed E-state index contributed by atoms with van der Waals surface area (Å²) in [5.41, 5.74) is 1.25. The van der Waals surface area contributed by atoms with Crippen molar-refractivity contribution in [1.82, 2.24) is 14.9 Å². The molecule has 0 unspecified atom stereocenters. The third-order valence-corrected chi connectivity index (χ3v) is 5.81. The first-order valence-corrected chi connectivity index (χ1v) is 8.00. The summed E-state index contributed by atoms with van der Waals surface area (Å²) < 4.78 is 2.47. The van der Waals surface area contributed by atoms with Gasteiger partial charge >= 0.3 is 0 Å². The minimum absolute atomic E-state index is 0.767. The molecule has 1 aromatic rings. The molecule has 4 aliphatic carbocycles. The number of imidazole rings is 1. The van der Waals surface area contributed by atoms with Crippen LogP contribution >= 0.6 is 0 Å². The van der Waals surface area contributed by atoms with E-state index >= 15 is 0 Å². The predicted molar refractivity (Wildman–Crippen MR) is 75.9 cm³/mol. The zero-order valence-electron chi connectivity index (χ0n) is 11.9. The molecule has 0 aromatic carbocycles. The number of hydrogen-bond donors (Lipinski definition) is 1. The van der Waals surface area contributed by atoms with Gasteiger partial charge in [0.15, 0.2) is 0 Å². The van der Waals surface area contributed by atoms with Crippen LogP contribution in [0.4, 0.5) is 0 Å². The zero-order valence-corrected chi connectivity index (χ0v) is 11.9. The third kappa shape index (κ3) is 2.03. The van der Waals surface area contributed by atoms with Gasteiger partial charge in [-0.3, -0.25) is 0 Å². The van der Waals surface area contributed by atoms with Crippen LogP contribution in [0.3, 0.4) is 0 Å². The first-order chi connectivity index (χ1) is 9.33. The maximum absolute atomic E-state index is 4.61. The van der Waals surface area contributed by atoms with Crippen LogP contribution in [-0.2, 0) is 6.42 Å². The fraction of sp³-hybridized carbons (Fsp3) is 0.812. The Hall–Kier alpha value is -0.830. The van der Waals surface area contributed by atoms with Crippen LogP contribution < -0.4 is 5.32 Å². The van der Waals surface area contributed by atoms with E-state index in [1.807, 2.05) is 7.05 Å². The highest BCUT2D eigenvalue weighted by molar-refractivity contribution is 5.05. The molecule has 0 saturated heterocycles. The summed E-state index contributed by atoms with van der Waals surface area (Å²) in [6, 6.07) is 0.767. The van der Waals surface area contributed by atoms with E-state index in [2.05, 4.69) is 27.4 Å². The topological polar surface area (TPSA) is 29.9 Å². The van der Waals surface area contributed by atoms with Gasteiger partial charge < -0.3 is 9.88 Å². The Balaban J connectivity index is 1.54. The minimum atomic E-state index is 0.767.